The summed E-state index contributed by atoms with van der Waals surface area (Å²) < 4.78 is 10.6. The van der Waals surface area contributed by atoms with Gasteiger partial charge in [-0.25, -0.2) is 4.98 Å². The van der Waals surface area contributed by atoms with E-state index in [1.54, 1.807) is 14.2 Å². The van der Waals surface area contributed by atoms with Gasteiger partial charge in [-0.2, -0.15) is 0 Å². The van der Waals surface area contributed by atoms with E-state index in [4.69, 9.17) is 9.47 Å². The number of anilines is 1. The van der Waals surface area contributed by atoms with Crippen LogP contribution in [0.3, 0.4) is 0 Å². The molecule has 0 saturated carbocycles. The van der Waals surface area contributed by atoms with Crippen molar-refractivity contribution < 1.29 is 14.3 Å². The molecule has 3 rings (SSSR count). The van der Waals surface area contributed by atoms with Gasteiger partial charge in [-0.3, -0.25) is 4.79 Å². The third-order valence-corrected chi connectivity index (χ3v) is 5.57. The van der Waals surface area contributed by atoms with E-state index in [-0.39, 0.29) is 11.9 Å². The molecule has 6 nitrogen and oxygen atoms in total. The number of para-hydroxylation sites is 2. The molecule has 134 valence electrons. The zero-order valence-corrected chi connectivity index (χ0v) is 15.8. The van der Waals surface area contributed by atoms with Crippen molar-refractivity contribution in [2.45, 2.75) is 19.9 Å². The van der Waals surface area contributed by atoms with Gasteiger partial charge in [-0.05, 0) is 26.0 Å². The van der Waals surface area contributed by atoms with Gasteiger partial charge in [0, 0.05) is 25.7 Å². The monoisotopic (exact) mass is 361 g/mol. The van der Waals surface area contributed by atoms with Crippen molar-refractivity contribution in [2.75, 3.05) is 38.8 Å². The average Bonchev–Trinajstić information content (AvgIpc) is 3.02. The molecule has 1 aromatic heterocycles. The van der Waals surface area contributed by atoms with Crippen molar-refractivity contribution in [1.29, 1.82) is 0 Å². The van der Waals surface area contributed by atoms with Crippen molar-refractivity contribution >= 4 is 22.9 Å². The number of methoxy groups -OCH3 is 2. The maximum atomic E-state index is 12.9. The second-order valence-corrected chi connectivity index (χ2v) is 7.03. The van der Waals surface area contributed by atoms with E-state index in [9.17, 15) is 4.79 Å². The quantitative estimate of drug-likeness (QED) is 0.838. The molecule has 0 aliphatic carbocycles. The first-order chi connectivity index (χ1) is 12.0. The van der Waals surface area contributed by atoms with Crippen LogP contribution in [-0.4, -0.2) is 55.7 Å². The number of benzene rings is 1. The number of ether oxygens (including phenoxy) is 2. The van der Waals surface area contributed by atoms with Crippen LogP contribution in [0.1, 0.15) is 22.3 Å². The molecule has 0 N–H and O–H groups in total. The number of hydrogen-bond acceptors (Lipinski definition) is 6. The molecule has 1 aliphatic rings. The maximum Gasteiger partial charge on any atom is 0.273 e. The summed E-state index contributed by atoms with van der Waals surface area (Å²) in [6.07, 6.45) is 0. The Morgan fingerprint density at radius 1 is 1.24 bits per heavy atom. The van der Waals surface area contributed by atoms with Gasteiger partial charge < -0.3 is 19.3 Å². The third-order valence-electron chi connectivity index (χ3n) is 4.46. The number of aryl methyl sites for hydroxylation is 1. The highest BCUT2D eigenvalue weighted by Gasteiger charge is 2.31. The molecule has 0 spiro atoms. The summed E-state index contributed by atoms with van der Waals surface area (Å²) in [5.74, 6) is 0.892. The first kappa shape index (κ1) is 17.5. The summed E-state index contributed by atoms with van der Waals surface area (Å²) in [5.41, 5.74) is 1.80. The molecule has 7 heteroatoms. The molecule has 1 aliphatic heterocycles. The fraction of sp³-hybridized carbons (Fsp3) is 0.444. The van der Waals surface area contributed by atoms with Crippen LogP contribution in [0.25, 0.3) is 0 Å². The number of rotatable bonds is 4. The lowest BCUT2D eigenvalue weighted by Crippen LogP contribution is -2.54. The van der Waals surface area contributed by atoms with Gasteiger partial charge in [0.1, 0.15) is 10.6 Å². The van der Waals surface area contributed by atoms with Crippen LogP contribution in [0, 0.1) is 6.92 Å². The molecule has 1 atom stereocenters. The van der Waals surface area contributed by atoms with Crippen molar-refractivity contribution in [3.63, 3.8) is 0 Å². The minimum absolute atomic E-state index is 0.0328. The predicted octanol–water partition coefficient (Wildman–Crippen LogP) is 2.82. The Hall–Kier alpha value is -2.28. The first-order valence-corrected chi connectivity index (χ1v) is 9.07. The van der Waals surface area contributed by atoms with E-state index in [1.165, 1.54) is 11.3 Å². The Bertz CT molecular complexity index is 762. The summed E-state index contributed by atoms with van der Waals surface area (Å²) >= 11 is 1.31. The maximum absolute atomic E-state index is 12.9. The summed E-state index contributed by atoms with van der Waals surface area (Å²) in [7, 11) is 3.25. The first-order valence-electron chi connectivity index (χ1n) is 8.25. The number of hydrogen-bond donors (Lipinski definition) is 0. The number of nitrogens with zero attached hydrogens (tertiary/aromatic N) is 3. The second kappa shape index (κ2) is 7.31. The van der Waals surface area contributed by atoms with Gasteiger partial charge in [-0.1, -0.05) is 23.5 Å². The van der Waals surface area contributed by atoms with E-state index in [0.29, 0.717) is 16.6 Å². The number of carbonyl (C=O) groups is 1. The van der Waals surface area contributed by atoms with E-state index in [0.717, 1.165) is 30.2 Å². The Morgan fingerprint density at radius 2 is 2.00 bits per heavy atom. The fourth-order valence-electron chi connectivity index (χ4n) is 3.16. The molecule has 0 bridgehead atoms. The summed E-state index contributed by atoms with van der Waals surface area (Å²) in [6, 6.07) is 8.09. The lowest BCUT2D eigenvalue weighted by atomic mass is 10.1. The van der Waals surface area contributed by atoms with Gasteiger partial charge >= 0.3 is 0 Å². The molecule has 1 saturated heterocycles. The number of amides is 1. The van der Waals surface area contributed by atoms with E-state index in [1.807, 2.05) is 30.0 Å². The van der Waals surface area contributed by atoms with Crippen LogP contribution in [0.4, 0.5) is 5.69 Å². The second-order valence-electron chi connectivity index (χ2n) is 6.06. The number of carbonyl (C=O) groups excluding carboxylic acids is 1. The molecule has 25 heavy (non-hydrogen) atoms. The van der Waals surface area contributed by atoms with Gasteiger partial charge in [0.05, 0.1) is 25.6 Å². The van der Waals surface area contributed by atoms with Crippen molar-refractivity contribution in [1.82, 2.24) is 9.88 Å². The normalized spacial score (nSPS) is 17.5. The summed E-state index contributed by atoms with van der Waals surface area (Å²) in [4.78, 5) is 22.1. The molecule has 1 aromatic carbocycles. The summed E-state index contributed by atoms with van der Waals surface area (Å²) in [5, 5.41) is 0.529. The van der Waals surface area contributed by atoms with Gasteiger partial charge in [0.25, 0.3) is 11.1 Å². The smallest absolute Gasteiger partial charge is 0.273 e. The van der Waals surface area contributed by atoms with Crippen LogP contribution in [0.5, 0.6) is 10.9 Å². The molecule has 2 heterocycles. The lowest BCUT2D eigenvalue weighted by Gasteiger charge is -2.41. The third kappa shape index (κ3) is 3.42. The highest BCUT2D eigenvalue weighted by molar-refractivity contribution is 7.15. The lowest BCUT2D eigenvalue weighted by molar-refractivity contribution is 0.0678. The minimum Gasteiger partial charge on any atom is -0.495 e. The predicted molar refractivity (Wildman–Crippen MR) is 99.1 cm³/mol. The Kier molecular flexibility index (Phi) is 5.13. The number of aromatic nitrogens is 1. The fourth-order valence-corrected chi connectivity index (χ4v) is 4.00. The molecular formula is C18H23N3O3S. The van der Waals surface area contributed by atoms with Crippen LogP contribution in [-0.2, 0) is 0 Å². The van der Waals surface area contributed by atoms with Gasteiger partial charge in [0.15, 0.2) is 0 Å². The van der Waals surface area contributed by atoms with Crippen LogP contribution in [0.15, 0.2) is 24.3 Å². The van der Waals surface area contributed by atoms with Crippen molar-refractivity contribution in [3.8, 4) is 10.9 Å². The van der Waals surface area contributed by atoms with Crippen LogP contribution >= 0.6 is 11.3 Å². The van der Waals surface area contributed by atoms with Gasteiger partial charge in [0.2, 0.25) is 0 Å². The molecule has 1 amide bonds. The number of piperazine rings is 1. The molecular weight excluding hydrogens is 338 g/mol. The van der Waals surface area contributed by atoms with Gasteiger partial charge in [-0.15, -0.1) is 0 Å². The van der Waals surface area contributed by atoms with E-state index < -0.39 is 0 Å². The largest absolute Gasteiger partial charge is 0.495 e. The molecule has 1 unspecified atom stereocenters. The van der Waals surface area contributed by atoms with Crippen LogP contribution < -0.4 is 14.4 Å². The molecule has 0 radical (unpaired) electrons. The molecule has 1 fully saturated rings. The Labute approximate surface area is 152 Å². The number of thiazole rings is 1. The van der Waals surface area contributed by atoms with Crippen LogP contribution in [0.2, 0.25) is 0 Å². The Balaban J connectivity index is 1.75. The average molecular weight is 361 g/mol. The molecule has 2 aromatic rings. The highest BCUT2D eigenvalue weighted by Crippen LogP contribution is 2.31. The Morgan fingerprint density at radius 3 is 2.64 bits per heavy atom. The standard InChI is InChI=1S/C18H23N3O3S/c1-12-11-20(14-7-5-6-8-15(14)23-3)9-10-21(12)17(22)16-13(2)19-18(24-4)25-16/h5-8,12H,9-11H2,1-4H3. The van der Waals surface area contributed by atoms with E-state index >= 15 is 0 Å². The zero-order chi connectivity index (χ0) is 18.0. The van der Waals surface area contributed by atoms with Crippen molar-refractivity contribution in [3.05, 3.63) is 34.8 Å². The SMILES string of the molecule is COc1nc(C)c(C(=O)N2CCN(c3ccccc3OC)CC2C)s1. The van der Waals surface area contributed by atoms with E-state index in [2.05, 4.69) is 22.9 Å². The minimum atomic E-state index is 0.0328. The van der Waals surface area contributed by atoms with Crippen molar-refractivity contribution in [2.24, 2.45) is 0 Å². The zero-order valence-electron chi connectivity index (χ0n) is 15.0. The topological polar surface area (TPSA) is 54.9 Å². The highest BCUT2D eigenvalue weighted by atomic mass is 32.1. The summed E-state index contributed by atoms with van der Waals surface area (Å²) in [6.45, 7) is 6.12.